The van der Waals surface area contributed by atoms with Crippen LogP contribution in [0.2, 0.25) is 0 Å². The van der Waals surface area contributed by atoms with E-state index < -0.39 is 0 Å². The molecule has 4 heteroatoms. The first kappa shape index (κ1) is 14.3. The van der Waals surface area contributed by atoms with Gasteiger partial charge in [-0.25, -0.2) is 4.79 Å². The third-order valence-electron chi connectivity index (χ3n) is 3.25. The van der Waals surface area contributed by atoms with E-state index in [1.165, 1.54) is 11.6 Å². The molecular formula is C16H19NO3. The molecule has 0 N–H and O–H groups in total. The summed E-state index contributed by atoms with van der Waals surface area (Å²) in [7, 11) is 0. The van der Waals surface area contributed by atoms with Gasteiger partial charge < -0.3 is 9.64 Å². The van der Waals surface area contributed by atoms with Gasteiger partial charge in [0.05, 0.1) is 6.61 Å². The Balaban J connectivity index is 2.12. The van der Waals surface area contributed by atoms with Crippen molar-refractivity contribution in [1.29, 1.82) is 0 Å². The maximum atomic E-state index is 12.2. The molecule has 106 valence electrons. The van der Waals surface area contributed by atoms with Crippen LogP contribution < -0.4 is 4.90 Å². The molecule has 1 aliphatic rings. The number of carbonyl (C=O) groups excluding carboxylic acids is 2. The molecule has 0 unspecified atom stereocenters. The van der Waals surface area contributed by atoms with E-state index in [-0.39, 0.29) is 11.9 Å². The molecule has 0 atom stereocenters. The molecule has 0 aliphatic carbocycles. The van der Waals surface area contributed by atoms with Gasteiger partial charge in [0.2, 0.25) is 5.91 Å². The number of aryl methyl sites for hydroxylation is 1. The van der Waals surface area contributed by atoms with Gasteiger partial charge in [-0.15, -0.1) is 0 Å². The van der Waals surface area contributed by atoms with Gasteiger partial charge in [-0.2, -0.15) is 0 Å². The van der Waals surface area contributed by atoms with Crippen LogP contribution in [0.15, 0.2) is 36.4 Å². The third-order valence-corrected chi connectivity index (χ3v) is 3.25. The first-order valence-electron chi connectivity index (χ1n) is 6.94. The van der Waals surface area contributed by atoms with E-state index in [1.54, 1.807) is 17.9 Å². The molecule has 1 aliphatic heterocycles. The number of nitrogens with zero attached hydrogens (tertiary/aromatic N) is 1. The number of carbonyl (C=O) groups is 2. The Hall–Kier alpha value is -2.10. The van der Waals surface area contributed by atoms with Crippen molar-refractivity contribution in [3.8, 4) is 0 Å². The summed E-state index contributed by atoms with van der Waals surface area (Å²) in [5.41, 5.74) is 2.13. The summed E-state index contributed by atoms with van der Waals surface area (Å²) in [5, 5.41) is 0. The van der Waals surface area contributed by atoms with Gasteiger partial charge in [0.25, 0.3) is 0 Å². The zero-order valence-electron chi connectivity index (χ0n) is 11.7. The second kappa shape index (κ2) is 6.89. The van der Waals surface area contributed by atoms with E-state index in [0.717, 1.165) is 18.5 Å². The van der Waals surface area contributed by atoms with Gasteiger partial charge in [-0.3, -0.25) is 4.79 Å². The summed E-state index contributed by atoms with van der Waals surface area (Å²) in [6.45, 7) is 2.52. The van der Waals surface area contributed by atoms with Crippen LogP contribution in [0.1, 0.15) is 25.3 Å². The highest BCUT2D eigenvalue weighted by molar-refractivity contribution is 5.95. The second-order valence-corrected chi connectivity index (χ2v) is 4.64. The van der Waals surface area contributed by atoms with Gasteiger partial charge in [0, 0.05) is 24.7 Å². The molecular weight excluding hydrogens is 254 g/mol. The van der Waals surface area contributed by atoms with Crippen molar-refractivity contribution in [2.75, 3.05) is 18.1 Å². The van der Waals surface area contributed by atoms with Gasteiger partial charge in [0.15, 0.2) is 0 Å². The van der Waals surface area contributed by atoms with E-state index in [9.17, 15) is 9.59 Å². The van der Waals surface area contributed by atoms with E-state index in [4.69, 9.17) is 4.74 Å². The van der Waals surface area contributed by atoms with Crippen LogP contribution in [0.3, 0.4) is 0 Å². The predicted octanol–water partition coefficient (Wildman–Crippen LogP) is 2.48. The summed E-state index contributed by atoms with van der Waals surface area (Å²) < 4.78 is 4.82. The summed E-state index contributed by atoms with van der Waals surface area (Å²) in [4.78, 5) is 25.2. The van der Waals surface area contributed by atoms with Gasteiger partial charge in [-0.05, 0) is 31.4 Å². The van der Waals surface area contributed by atoms with Gasteiger partial charge in [-0.1, -0.05) is 24.3 Å². The normalized spacial score (nSPS) is 15.1. The Morgan fingerprint density at radius 3 is 2.95 bits per heavy atom. The molecule has 2 rings (SSSR count). The zero-order valence-corrected chi connectivity index (χ0v) is 11.7. The number of amides is 1. The molecule has 1 aromatic carbocycles. The standard InChI is InChI=1S/C16H19NO3/c1-2-20-16(19)11-6-12-17-14-9-4-3-7-13(14)8-5-10-15(17)18/h3-4,6-7,9,11H,2,5,8,10,12H2,1H3/b11-6+. The number of rotatable bonds is 4. The van der Waals surface area contributed by atoms with Crippen LogP contribution >= 0.6 is 0 Å². The molecule has 1 aromatic rings. The topological polar surface area (TPSA) is 46.6 Å². The van der Waals surface area contributed by atoms with Gasteiger partial charge >= 0.3 is 5.97 Å². The average Bonchev–Trinajstić information content (AvgIpc) is 2.59. The fourth-order valence-electron chi connectivity index (χ4n) is 2.33. The smallest absolute Gasteiger partial charge is 0.330 e. The SMILES string of the molecule is CCOC(=O)/C=C/CN1C(=O)CCCc2ccccc21. The van der Waals surface area contributed by atoms with Crippen molar-refractivity contribution >= 4 is 17.6 Å². The number of fused-ring (bicyclic) bond motifs is 1. The number of hydrogen-bond donors (Lipinski definition) is 0. The highest BCUT2D eigenvalue weighted by atomic mass is 16.5. The monoisotopic (exact) mass is 273 g/mol. The third kappa shape index (κ3) is 3.47. The predicted molar refractivity (Wildman–Crippen MR) is 77.5 cm³/mol. The van der Waals surface area contributed by atoms with E-state index in [0.29, 0.717) is 19.6 Å². The lowest BCUT2D eigenvalue weighted by Crippen LogP contribution is -2.30. The Bertz CT molecular complexity index is 522. The number of anilines is 1. The van der Waals surface area contributed by atoms with Crippen molar-refractivity contribution in [2.45, 2.75) is 26.2 Å². The number of ether oxygens (including phenoxy) is 1. The first-order valence-corrected chi connectivity index (χ1v) is 6.94. The van der Waals surface area contributed by atoms with Gasteiger partial charge in [0.1, 0.15) is 0 Å². The van der Waals surface area contributed by atoms with Crippen molar-refractivity contribution in [1.82, 2.24) is 0 Å². The average molecular weight is 273 g/mol. The zero-order chi connectivity index (χ0) is 14.4. The maximum Gasteiger partial charge on any atom is 0.330 e. The largest absolute Gasteiger partial charge is 0.463 e. The summed E-state index contributed by atoms with van der Waals surface area (Å²) in [5.74, 6) is -0.272. The molecule has 0 spiro atoms. The Kier molecular flexibility index (Phi) is 4.93. The minimum atomic E-state index is -0.372. The number of esters is 1. The lowest BCUT2D eigenvalue weighted by atomic mass is 10.1. The molecule has 1 amide bonds. The summed E-state index contributed by atoms with van der Waals surface area (Å²) in [6.07, 6.45) is 5.39. The van der Waals surface area contributed by atoms with Crippen molar-refractivity contribution in [3.63, 3.8) is 0 Å². The highest BCUT2D eigenvalue weighted by Gasteiger charge is 2.20. The van der Waals surface area contributed by atoms with Crippen LogP contribution in [0.4, 0.5) is 5.69 Å². The molecule has 4 nitrogen and oxygen atoms in total. The fraction of sp³-hybridized carbons (Fsp3) is 0.375. The molecule has 0 saturated heterocycles. The van der Waals surface area contributed by atoms with E-state index in [1.807, 2.05) is 18.2 Å². The number of benzene rings is 1. The molecule has 0 bridgehead atoms. The van der Waals surface area contributed by atoms with Crippen LogP contribution in [-0.4, -0.2) is 25.0 Å². The second-order valence-electron chi connectivity index (χ2n) is 4.64. The minimum Gasteiger partial charge on any atom is -0.463 e. The van der Waals surface area contributed by atoms with E-state index >= 15 is 0 Å². The Morgan fingerprint density at radius 1 is 1.35 bits per heavy atom. The minimum absolute atomic E-state index is 0.100. The van der Waals surface area contributed by atoms with Crippen LogP contribution in [0.25, 0.3) is 0 Å². The van der Waals surface area contributed by atoms with Crippen molar-refractivity contribution in [2.24, 2.45) is 0 Å². The lowest BCUT2D eigenvalue weighted by molar-refractivity contribution is -0.137. The molecule has 0 fully saturated rings. The Labute approximate surface area is 119 Å². The quantitative estimate of drug-likeness (QED) is 0.625. The van der Waals surface area contributed by atoms with Crippen molar-refractivity contribution < 1.29 is 14.3 Å². The van der Waals surface area contributed by atoms with Crippen molar-refractivity contribution in [3.05, 3.63) is 42.0 Å². The number of para-hydroxylation sites is 1. The first-order chi connectivity index (χ1) is 9.72. The fourth-order valence-corrected chi connectivity index (χ4v) is 2.33. The summed E-state index contributed by atoms with van der Waals surface area (Å²) in [6, 6.07) is 7.92. The molecule has 20 heavy (non-hydrogen) atoms. The molecule has 0 aromatic heterocycles. The Morgan fingerprint density at radius 2 is 2.15 bits per heavy atom. The molecule has 1 heterocycles. The van der Waals surface area contributed by atoms with Crippen LogP contribution in [0, 0.1) is 0 Å². The van der Waals surface area contributed by atoms with Crippen LogP contribution in [-0.2, 0) is 20.7 Å². The maximum absolute atomic E-state index is 12.2. The molecule has 0 saturated carbocycles. The van der Waals surface area contributed by atoms with E-state index in [2.05, 4.69) is 6.07 Å². The summed E-state index contributed by atoms with van der Waals surface area (Å²) >= 11 is 0. The van der Waals surface area contributed by atoms with Crippen LogP contribution in [0.5, 0.6) is 0 Å². The highest BCUT2D eigenvalue weighted by Crippen LogP contribution is 2.26. The molecule has 0 radical (unpaired) electrons. The number of hydrogen-bond acceptors (Lipinski definition) is 3. The lowest BCUT2D eigenvalue weighted by Gasteiger charge is -2.21.